The standard InChI is InChI=1S/C72H136O6/c1-4-7-10-13-16-19-22-25-28-30-31-32-33-34-35-36-37-38-39-40-41-42-45-47-50-53-56-59-62-65-71(74)77-68-69(67-76-70(73)64-61-58-55-52-49-46-43-27-24-21-18-15-12-9-6-3)78-72(75)66-63-60-57-54-51-48-44-29-26-23-20-17-14-11-8-5-2/h20,23,29,44,69H,4-19,21-22,24-28,30-43,45-68H2,1-3H3/b23-20-,44-29-. The van der Waals surface area contributed by atoms with Crippen LogP contribution in [0.5, 0.6) is 0 Å². The van der Waals surface area contributed by atoms with Gasteiger partial charge in [0.1, 0.15) is 13.2 Å². The molecular formula is C72H136O6. The Morgan fingerprint density at radius 2 is 0.462 bits per heavy atom. The van der Waals surface area contributed by atoms with E-state index in [1.165, 1.54) is 283 Å². The van der Waals surface area contributed by atoms with Crippen LogP contribution in [0.2, 0.25) is 0 Å². The predicted molar refractivity (Wildman–Crippen MR) is 340 cm³/mol. The van der Waals surface area contributed by atoms with E-state index in [9.17, 15) is 14.4 Å². The number of esters is 3. The lowest BCUT2D eigenvalue weighted by Gasteiger charge is -2.18. The van der Waals surface area contributed by atoms with Gasteiger partial charge in [0.2, 0.25) is 0 Å². The maximum absolute atomic E-state index is 12.9. The molecule has 0 aromatic carbocycles. The smallest absolute Gasteiger partial charge is 0.306 e. The Morgan fingerprint density at radius 1 is 0.256 bits per heavy atom. The minimum Gasteiger partial charge on any atom is -0.462 e. The average molecular weight is 1100 g/mol. The van der Waals surface area contributed by atoms with Crippen LogP contribution in [0.25, 0.3) is 0 Å². The Labute approximate surface area is 487 Å². The van der Waals surface area contributed by atoms with Crippen molar-refractivity contribution in [3.63, 3.8) is 0 Å². The fourth-order valence-electron chi connectivity index (χ4n) is 10.9. The van der Waals surface area contributed by atoms with E-state index in [1.54, 1.807) is 0 Å². The van der Waals surface area contributed by atoms with Crippen molar-refractivity contribution < 1.29 is 28.6 Å². The van der Waals surface area contributed by atoms with Crippen LogP contribution in [0.1, 0.15) is 400 Å². The third-order valence-corrected chi connectivity index (χ3v) is 16.2. The van der Waals surface area contributed by atoms with Gasteiger partial charge in [-0.1, -0.05) is 353 Å². The number of hydrogen-bond donors (Lipinski definition) is 0. The molecule has 0 saturated heterocycles. The number of allylic oxidation sites excluding steroid dienone is 4. The Hall–Kier alpha value is -2.11. The molecule has 0 amide bonds. The molecule has 0 aliphatic rings. The number of carbonyl (C=O) groups excluding carboxylic acids is 3. The first kappa shape index (κ1) is 75.9. The summed E-state index contributed by atoms with van der Waals surface area (Å²) in [6.07, 6.45) is 82.1. The van der Waals surface area contributed by atoms with Gasteiger partial charge in [-0.25, -0.2) is 0 Å². The number of carbonyl (C=O) groups is 3. The van der Waals surface area contributed by atoms with E-state index in [1.807, 2.05) is 0 Å². The number of ether oxygens (including phenoxy) is 3. The molecule has 1 atom stereocenters. The molecule has 0 saturated carbocycles. The number of hydrogen-bond acceptors (Lipinski definition) is 6. The molecule has 0 rings (SSSR count). The van der Waals surface area contributed by atoms with Gasteiger partial charge in [0.25, 0.3) is 0 Å². The van der Waals surface area contributed by atoms with Crippen LogP contribution in [0, 0.1) is 0 Å². The van der Waals surface area contributed by atoms with E-state index in [-0.39, 0.29) is 31.1 Å². The van der Waals surface area contributed by atoms with Crippen LogP contribution < -0.4 is 0 Å². The van der Waals surface area contributed by atoms with Crippen molar-refractivity contribution in [3.8, 4) is 0 Å². The summed E-state index contributed by atoms with van der Waals surface area (Å²) in [7, 11) is 0. The van der Waals surface area contributed by atoms with Gasteiger partial charge in [-0.05, 0) is 51.4 Å². The highest BCUT2D eigenvalue weighted by molar-refractivity contribution is 5.71. The minimum absolute atomic E-state index is 0.0708. The van der Waals surface area contributed by atoms with E-state index in [4.69, 9.17) is 14.2 Å². The van der Waals surface area contributed by atoms with Crippen LogP contribution in [0.4, 0.5) is 0 Å². The van der Waals surface area contributed by atoms with Gasteiger partial charge < -0.3 is 14.2 Å². The summed E-state index contributed by atoms with van der Waals surface area (Å²) in [5.74, 6) is -0.853. The molecule has 0 bridgehead atoms. The Balaban J connectivity index is 4.17. The normalized spacial score (nSPS) is 12.1. The monoisotopic (exact) mass is 1100 g/mol. The minimum atomic E-state index is -0.775. The lowest BCUT2D eigenvalue weighted by Crippen LogP contribution is -2.30. The number of rotatable bonds is 66. The Morgan fingerprint density at radius 3 is 0.718 bits per heavy atom. The quantitative estimate of drug-likeness (QED) is 0.0261. The first-order valence-electron chi connectivity index (χ1n) is 35.3. The zero-order chi connectivity index (χ0) is 56.4. The summed E-state index contributed by atoms with van der Waals surface area (Å²) in [5, 5.41) is 0. The highest BCUT2D eigenvalue weighted by Gasteiger charge is 2.19. The van der Waals surface area contributed by atoms with Crippen molar-refractivity contribution in [3.05, 3.63) is 24.3 Å². The lowest BCUT2D eigenvalue weighted by atomic mass is 10.0. The lowest BCUT2D eigenvalue weighted by molar-refractivity contribution is -0.167. The molecule has 0 fully saturated rings. The van der Waals surface area contributed by atoms with Gasteiger partial charge in [0.15, 0.2) is 6.10 Å². The van der Waals surface area contributed by atoms with Crippen molar-refractivity contribution in [2.45, 2.75) is 406 Å². The molecule has 0 aromatic heterocycles. The maximum Gasteiger partial charge on any atom is 0.306 e. The molecule has 0 N–H and O–H groups in total. The molecule has 1 unspecified atom stereocenters. The summed E-state index contributed by atoms with van der Waals surface area (Å²) >= 11 is 0. The largest absolute Gasteiger partial charge is 0.462 e. The molecule has 0 spiro atoms. The molecule has 0 aliphatic heterocycles. The first-order chi connectivity index (χ1) is 38.5. The van der Waals surface area contributed by atoms with Gasteiger partial charge in [0, 0.05) is 19.3 Å². The van der Waals surface area contributed by atoms with Crippen LogP contribution >= 0.6 is 0 Å². The van der Waals surface area contributed by atoms with Crippen molar-refractivity contribution in [2.24, 2.45) is 0 Å². The van der Waals surface area contributed by atoms with Gasteiger partial charge in [-0.3, -0.25) is 14.4 Å². The molecule has 460 valence electrons. The molecule has 6 heteroatoms. The highest BCUT2D eigenvalue weighted by atomic mass is 16.6. The van der Waals surface area contributed by atoms with Crippen molar-refractivity contribution in [1.82, 2.24) is 0 Å². The van der Waals surface area contributed by atoms with Crippen LogP contribution in [-0.4, -0.2) is 37.2 Å². The van der Waals surface area contributed by atoms with E-state index in [2.05, 4.69) is 45.1 Å². The van der Waals surface area contributed by atoms with Crippen molar-refractivity contribution >= 4 is 17.9 Å². The van der Waals surface area contributed by atoms with Crippen LogP contribution in [0.3, 0.4) is 0 Å². The fourth-order valence-corrected chi connectivity index (χ4v) is 10.9. The summed E-state index contributed by atoms with van der Waals surface area (Å²) in [6, 6.07) is 0. The van der Waals surface area contributed by atoms with E-state index in [0.29, 0.717) is 19.3 Å². The summed E-state index contributed by atoms with van der Waals surface area (Å²) in [6.45, 7) is 6.69. The first-order valence-corrected chi connectivity index (χ1v) is 35.3. The molecule has 78 heavy (non-hydrogen) atoms. The van der Waals surface area contributed by atoms with Crippen LogP contribution in [0.15, 0.2) is 24.3 Å². The van der Waals surface area contributed by atoms with Crippen molar-refractivity contribution in [1.29, 1.82) is 0 Å². The van der Waals surface area contributed by atoms with Gasteiger partial charge in [0.05, 0.1) is 0 Å². The molecule has 0 heterocycles. The van der Waals surface area contributed by atoms with E-state index >= 15 is 0 Å². The molecule has 0 radical (unpaired) electrons. The second-order valence-electron chi connectivity index (χ2n) is 24.2. The fraction of sp³-hybridized carbons (Fsp3) is 0.903. The van der Waals surface area contributed by atoms with E-state index < -0.39 is 6.10 Å². The average Bonchev–Trinajstić information content (AvgIpc) is 3.44. The second kappa shape index (κ2) is 67.4. The topological polar surface area (TPSA) is 78.9 Å². The van der Waals surface area contributed by atoms with Gasteiger partial charge in [-0.15, -0.1) is 0 Å². The SMILES string of the molecule is CCCCCC/C=C\C/C=C\CCCCCCCC(=O)OC(COC(=O)CCCCCCCCCCCCCCCCC)COC(=O)CCCCCCCCCCCCCCCCCCCCCCCCCCCCCCC. The maximum atomic E-state index is 12.9. The van der Waals surface area contributed by atoms with Gasteiger partial charge in [-0.2, -0.15) is 0 Å². The Bertz CT molecular complexity index is 1260. The summed E-state index contributed by atoms with van der Waals surface area (Å²) < 4.78 is 17.0. The Kier molecular flexibility index (Phi) is 65.6. The van der Waals surface area contributed by atoms with Crippen molar-refractivity contribution in [2.75, 3.05) is 13.2 Å². The van der Waals surface area contributed by atoms with Gasteiger partial charge >= 0.3 is 17.9 Å². The molecule has 6 nitrogen and oxygen atoms in total. The highest BCUT2D eigenvalue weighted by Crippen LogP contribution is 2.19. The van der Waals surface area contributed by atoms with Crippen LogP contribution in [-0.2, 0) is 28.6 Å². The third-order valence-electron chi connectivity index (χ3n) is 16.2. The second-order valence-corrected chi connectivity index (χ2v) is 24.2. The zero-order valence-corrected chi connectivity index (χ0v) is 53.0. The summed E-state index contributed by atoms with van der Waals surface area (Å²) in [4.78, 5) is 38.4. The predicted octanol–water partition coefficient (Wildman–Crippen LogP) is 24.2. The molecule has 0 aliphatic carbocycles. The zero-order valence-electron chi connectivity index (χ0n) is 53.0. The molecular weight excluding hydrogens is 961 g/mol. The number of unbranched alkanes of at least 4 members (excludes halogenated alkanes) is 51. The van der Waals surface area contributed by atoms with E-state index in [0.717, 1.165) is 77.0 Å². The molecule has 0 aromatic rings. The third kappa shape index (κ3) is 64.7. The summed E-state index contributed by atoms with van der Waals surface area (Å²) in [5.41, 5.74) is 0.